The molecule has 3 N–H and O–H groups in total. The molecule has 13 heavy (non-hydrogen) atoms. The van der Waals surface area contributed by atoms with Gasteiger partial charge in [0.15, 0.2) is 0 Å². The quantitative estimate of drug-likeness (QED) is 0.435. The largest absolute Gasteiger partial charge is 0.488 e. The molecule has 1 unspecified atom stereocenters. The van der Waals surface area contributed by atoms with Crippen LogP contribution < -0.4 is 5.46 Å². The van der Waals surface area contributed by atoms with Gasteiger partial charge in [-0.1, -0.05) is 30.3 Å². The number of hydrogen-bond acceptors (Lipinski definition) is 3. The summed E-state index contributed by atoms with van der Waals surface area (Å²) >= 11 is 0. The minimum absolute atomic E-state index is 0.360. The Hall–Kier alpha value is -1.10. The van der Waals surface area contributed by atoms with Crippen molar-refractivity contribution in [3.05, 3.63) is 42.5 Å². The van der Waals surface area contributed by atoms with Crippen molar-refractivity contribution < 1.29 is 15.2 Å². The van der Waals surface area contributed by atoms with E-state index in [1.807, 2.05) is 0 Å². The van der Waals surface area contributed by atoms with E-state index in [1.54, 1.807) is 18.2 Å². The monoisotopic (exact) mass is 178 g/mol. The van der Waals surface area contributed by atoms with Crippen LogP contribution in [-0.4, -0.2) is 22.3 Å². The van der Waals surface area contributed by atoms with E-state index >= 15 is 0 Å². The highest BCUT2D eigenvalue weighted by Crippen LogP contribution is 2.11. The summed E-state index contributed by atoms with van der Waals surface area (Å²) in [6, 6.07) is 6.44. The van der Waals surface area contributed by atoms with Crippen molar-refractivity contribution in [1.29, 1.82) is 0 Å². The molecule has 0 aliphatic carbocycles. The Balaban J connectivity index is 2.97. The number of aliphatic hydroxyl groups excluding tert-OH is 1. The van der Waals surface area contributed by atoms with Crippen LogP contribution >= 0.6 is 0 Å². The highest BCUT2D eigenvalue weighted by atomic mass is 16.4. The maximum Gasteiger partial charge on any atom is 0.488 e. The second-order valence-corrected chi connectivity index (χ2v) is 2.72. The van der Waals surface area contributed by atoms with Crippen LogP contribution in [0.2, 0.25) is 0 Å². The SMILES string of the molecule is C=CC(O)c1cccc(B(O)O)c1. The standard InChI is InChI=1S/C9H11BO3/c1-2-9(11)7-4-3-5-8(6-7)10(12)13/h2-6,9,11-13H,1H2. The van der Waals surface area contributed by atoms with Gasteiger partial charge >= 0.3 is 7.12 Å². The van der Waals surface area contributed by atoms with Gasteiger partial charge in [-0.3, -0.25) is 0 Å². The maximum atomic E-state index is 9.35. The van der Waals surface area contributed by atoms with Crippen LogP contribution in [0, 0.1) is 0 Å². The van der Waals surface area contributed by atoms with E-state index in [0.29, 0.717) is 11.0 Å². The molecule has 3 nitrogen and oxygen atoms in total. The molecule has 4 heteroatoms. The lowest BCUT2D eigenvalue weighted by Gasteiger charge is -2.07. The fraction of sp³-hybridized carbons (Fsp3) is 0.111. The molecule has 1 aromatic carbocycles. The molecule has 0 saturated heterocycles. The molecule has 0 heterocycles. The third kappa shape index (κ3) is 2.42. The smallest absolute Gasteiger partial charge is 0.423 e. The topological polar surface area (TPSA) is 60.7 Å². The van der Waals surface area contributed by atoms with Gasteiger partial charge in [0.05, 0.1) is 6.10 Å². The van der Waals surface area contributed by atoms with Crippen LogP contribution in [-0.2, 0) is 0 Å². The summed E-state index contributed by atoms with van der Waals surface area (Å²) in [5.74, 6) is 0. The van der Waals surface area contributed by atoms with Crippen molar-refractivity contribution in [1.82, 2.24) is 0 Å². The highest BCUT2D eigenvalue weighted by Gasteiger charge is 2.12. The van der Waals surface area contributed by atoms with Gasteiger partial charge < -0.3 is 15.2 Å². The third-order valence-electron chi connectivity index (χ3n) is 1.77. The minimum Gasteiger partial charge on any atom is -0.423 e. The fourth-order valence-corrected chi connectivity index (χ4v) is 1.04. The Morgan fingerprint density at radius 1 is 1.38 bits per heavy atom. The Kier molecular flexibility index (Phi) is 3.25. The molecule has 0 amide bonds. The molecular weight excluding hydrogens is 167 g/mol. The predicted molar refractivity (Wildman–Crippen MR) is 51.4 cm³/mol. The Morgan fingerprint density at radius 2 is 2.08 bits per heavy atom. The van der Waals surface area contributed by atoms with Gasteiger partial charge in [-0.05, 0) is 11.0 Å². The summed E-state index contributed by atoms with van der Waals surface area (Å²) in [6.45, 7) is 3.44. The second kappa shape index (κ2) is 4.23. The van der Waals surface area contributed by atoms with Gasteiger partial charge in [0, 0.05) is 0 Å². The van der Waals surface area contributed by atoms with Gasteiger partial charge in [0.25, 0.3) is 0 Å². The minimum atomic E-state index is -1.50. The van der Waals surface area contributed by atoms with E-state index < -0.39 is 13.2 Å². The average Bonchev–Trinajstić information content (AvgIpc) is 2.17. The zero-order chi connectivity index (χ0) is 9.84. The van der Waals surface area contributed by atoms with Crippen molar-refractivity contribution in [2.24, 2.45) is 0 Å². The predicted octanol–water partition coefficient (Wildman–Crippen LogP) is -0.414. The summed E-state index contributed by atoms with van der Waals surface area (Å²) in [6.07, 6.45) is 0.613. The van der Waals surface area contributed by atoms with Gasteiger partial charge in [0.2, 0.25) is 0 Å². The number of aliphatic hydroxyl groups is 1. The first-order valence-corrected chi connectivity index (χ1v) is 3.91. The first-order chi connectivity index (χ1) is 6.15. The molecule has 0 spiro atoms. The molecule has 1 atom stereocenters. The molecule has 0 fully saturated rings. The van der Waals surface area contributed by atoms with Crippen molar-refractivity contribution in [2.75, 3.05) is 0 Å². The number of rotatable bonds is 3. The van der Waals surface area contributed by atoms with E-state index in [4.69, 9.17) is 10.0 Å². The Morgan fingerprint density at radius 3 is 2.62 bits per heavy atom. The molecule has 0 aliphatic rings. The summed E-state index contributed by atoms with van der Waals surface area (Å²) in [5, 5.41) is 27.1. The Bertz CT molecular complexity index is 299. The number of benzene rings is 1. The molecule has 0 saturated carbocycles. The second-order valence-electron chi connectivity index (χ2n) is 2.72. The molecular formula is C9H11BO3. The summed E-state index contributed by atoms with van der Waals surface area (Å²) in [4.78, 5) is 0. The maximum absolute atomic E-state index is 9.35. The van der Waals surface area contributed by atoms with Crippen LogP contribution in [0.5, 0.6) is 0 Å². The summed E-state index contributed by atoms with van der Waals surface area (Å²) in [7, 11) is -1.50. The molecule has 0 aromatic heterocycles. The van der Waals surface area contributed by atoms with Gasteiger partial charge in [-0.25, -0.2) is 0 Å². The third-order valence-corrected chi connectivity index (χ3v) is 1.77. The van der Waals surface area contributed by atoms with Gasteiger partial charge in [0.1, 0.15) is 0 Å². The molecule has 1 aromatic rings. The van der Waals surface area contributed by atoms with Crippen LogP contribution in [0.15, 0.2) is 36.9 Å². The molecule has 0 aliphatic heterocycles. The zero-order valence-corrected chi connectivity index (χ0v) is 7.09. The van der Waals surface area contributed by atoms with Crippen LogP contribution in [0.1, 0.15) is 11.7 Å². The zero-order valence-electron chi connectivity index (χ0n) is 7.09. The molecule has 68 valence electrons. The van der Waals surface area contributed by atoms with Crippen molar-refractivity contribution in [3.63, 3.8) is 0 Å². The normalized spacial score (nSPS) is 12.2. The van der Waals surface area contributed by atoms with Crippen LogP contribution in [0.4, 0.5) is 0 Å². The van der Waals surface area contributed by atoms with E-state index in [0.717, 1.165) is 0 Å². The van der Waals surface area contributed by atoms with E-state index in [-0.39, 0.29) is 0 Å². The summed E-state index contributed by atoms with van der Waals surface area (Å²) < 4.78 is 0. The lowest BCUT2D eigenvalue weighted by Crippen LogP contribution is -2.30. The lowest BCUT2D eigenvalue weighted by molar-refractivity contribution is 0.229. The van der Waals surface area contributed by atoms with E-state index in [1.165, 1.54) is 12.1 Å². The van der Waals surface area contributed by atoms with Crippen molar-refractivity contribution in [2.45, 2.75) is 6.10 Å². The lowest BCUT2D eigenvalue weighted by atomic mass is 9.79. The van der Waals surface area contributed by atoms with E-state index in [2.05, 4.69) is 6.58 Å². The first kappa shape index (κ1) is 9.99. The first-order valence-electron chi connectivity index (χ1n) is 3.91. The van der Waals surface area contributed by atoms with Gasteiger partial charge in [-0.2, -0.15) is 0 Å². The van der Waals surface area contributed by atoms with Crippen LogP contribution in [0.3, 0.4) is 0 Å². The van der Waals surface area contributed by atoms with Crippen LogP contribution in [0.25, 0.3) is 0 Å². The number of hydrogen-bond donors (Lipinski definition) is 3. The molecule has 0 radical (unpaired) electrons. The average molecular weight is 178 g/mol. The highest BCUT2D eigenvalue weighted by molar-refractivity contribution is 6.58. The van der Waals surface area contributed by atoms with Crippen molar-refractivity contribution >= 4 is 12.6 Å². The molecule has 1 rings (SSSR count). The van der Waals surface area contributed by atoms with Gasteiger partial charge in [-0.15, -0.1) is 6.58 Å². The molecule has 0 bridgehead atoms. The Labute approximate surface area is 77.1 Å². The summed E-state index contributed by atoms with van der Waals surface area (Å²) in [5.41, 5.74) is 0.957. The van der Waals surface area contributed by atoms with Crippen molar-refractivity contribution in [3.8, 4) is 0 Å². The fourth-order valence-electron chi connectivity index (χ4n) is 1.04. The van der Waals surface area contributed by atoms with E-state index in [9.17, 15) is 5.11 Å².